The van der Waals surface area contributed by atoms with Crippen LogP contribution in [0, 0.1) is 0 Å². The molecule has 1 heterocycles. The van der Waals surface area contributed by atoms with E-state index in [4.69, 9.17) is 11.5 Å². The zero-order valence-electron chi connectivity index (χ0n) is 15.1. The van der Waals surface area contributed by atoms with E-state index in [-0.39, 0.29) is 6.42 Å². The normalized spacial score (nSPS) is 15.3. The Kier molecular flexibility index (Phi) is 7.48. The molecule has 13 heteroatoms. The monoisotopic (exact) mass is 428 g/mol. The average molecular weight is 428 g/mol. The van der Waals surface area contributed by atoms with Gasteiger partial charge in [0.1, 0.15) is 12.1 Å². The Bertz CT molecular complexity index is 946. The number of hydrogen-bond acceptors (Lipinski definition) is 8. The Balaban J connectivity index is 1.97. The number of amides is 1. The molecule has 2 aromatic rings. The molecule has 0 spiro atoms. The van der Waals surface area contributed by atoms with Crippen LogP contribution in [0.5, 0.6) is 0 Å². The first kappa shape index (κ1) is 22.5. The predicted octanol–water partition coefficient (Wildman–Crippen LogP) is -0.774. The summed E-state index contributed by atoms with van der Waals surface area (Å²) >= 11 is 0. The van der Waals surface area contributed by atoms with Crippen LogP contribution in [0.3, 0.4) is 0 Å². The molecule has 0 aliphatic carbocycles. The molecular weight excluding hydrogens is 407 g/mol. The van der Waals surface area contributed by atoms with Crippen LogP contribution in [0.2, 0.25) is 0 Å². The van der Waals surface area contributed by atoms with E-state index in [1.165, 1.54) is 0 Å². The number of aromatic amines is 1. The number of benzene rings is 1. The molecule has 0 aliphatic rings. The maximum atomic E-state index is 12.2. The third kappa shape index (κ3) is 6.38. The van der Waals surface area contributed by atoms with E-state index in [2.05, 4.69) is 19.3 Å². The first-order valence-corrected chi connectivity index (χ1v) is 9.86. The molecule has 1 aromatic heterocycles. The molecule has 0 saturated heterocycles. The van der Waals surface area contributed by atoms with Gasteiger partial charge in [0, 0.05) is 23.5 Å². The lowest BCUT2D eigenvalue weighted by molar-refractivity contribution is -0.142. The Morgan fingerprint density at radius 2 is 1.97 bits per heavy atom. The van der Waals surface area contributed by atoms with Gasteiger partial charge in [-0.1, -0.05) is 18.2 Å². The summed E-state index contributed by atoms with van der Waals surface area (Å²) in [6.45, 7) is -1.44. The van der Waals surface area contributed by atoms with Crippen molar-refractivity contribution < 1.29 is 38.0 Å². The van der Waals surface area contributed by atoms with Crippen molar-refractivity contribution in [2.75, 3.05) is 13.2 Å². The van der Waals surface area contributed by atoms with Gasteiger partial charge in [-0.3, -0.25) is 19.0 Å². The summed E-state index contributed by atoms with van der Waals surface area (Å²) in [5, 5.41) is 12.5. The number of para-hydroxylation sites is 1. The topological polar surface area (TPSA) is 207 Å². The van der Waals surface area contributed by atoms with Crippen molar-refractivity contribution in [1.29, 1.82) is 0 Å². The van der Waals surface area contributed by atoms with Crippen molar-refractivity contribution in [3.63, 3.8) is 0 Å². The number of phosphoric ester groups is 1. The lowest BCUT2D eigenvalue weighted by atomic mass is 10.0. The zero-order valence-corrected chi connectivity index (χ0v) is 16.0. The van der Waals surface area contributed by atoms with Crippen molar-refractivity contribution in [2.45, 2.75) is 18.5 Å². The van der Waals surface area contributed by atoms with Gasteiger partial charge >= 0.3 is 19.8 Å². The Hall–Kier alpha value is -2.76. The van der Waals surface area contributed by atoms with Crippen LogP contribution < -0.4 is 16.8 Å². The summed E-state index contributed by atoms with van der Waals surface area (Å²) in [4.78, 5) is 47.0. The fraction of sp³-hybridized carbons (Fsp3) is 0.312. The van der Waals surface area contributed by atoms with Crippen molar-refractivity contribution in [3.8, 4) is 0 Å². The van der Waals surface area contributed by atoms with E-state index in [0.717, 1.165) is 10.9 Å². The first-order chi connectivity index (χ1) is 13.6. The van der Waals surface area contributed by atoms with Crippen LogP contribution in [-0.4, -0.2) is 58.1 Å². The minimum absolute atomic E-state index is 0.0225. The van der Waals surface area contributed by atoms with Gasteiger partial charge in [0.05, 0.1) is 13.2 Å². The smallest absolute Gasteiger partial charge is 0.480 e. The number of nitrogens with two attached hydrogens (primary N) is 2. The number of phosphoric acid groups is 1. The van der Waals surface area contributed by atoms with Gasteiger partial charge < -0.3 is 31.4 Å². The van der Waals surface area contributed by atoms with E-state index in [1.807, 2.05) is 18.2 Å². The van der Waals surface area contributed by atoms with Crippen LogP contribution in [0.1, 0.15) is 5.56 Å². The molecule has 8 N–H and O–H groups in total. The first-order valence-electron chi connectivity index (χ1n) is 8.36. The van der Waals surface area contributed by atoms with E-state index in [9.17, 15) is 28.9 Å². The number of aliphatic carboxylic acids is 1. The standard InChI is InChI=1S/C16H21N4O8P/c17-6-14(21)28-29(25,26)27-8-11(18)15(22)20-13(16(23)24)5-9-7-19-12-4-2-1-3-10(9)12/h1-4,7,11,13,19H,5-6,8,17-18H2,(H,20,22)(H,23,24)(H,25,26)/t11-,13-/m0/s1. The molecule has 0 saturated carbocycles. The van der Waals surface area contributed by atoms with Crippen molar-refractivity contribution in [2.24, 2.45) is 11.5 Å². The molecule has 158 valence electrons. The quantitative estimate of drug-likeness (QED) is 0.260. The maximum Gasteiger partial charge on any atom is 0.529 e. The highest BCUT2D eigenvalue weighted by atomic mass is 31.2. The number of nitrogens with one attached hydrogen (secondary N) is 2. The number of rotatable bonds is 10. The number of carboxylic acids is 1. The summed E-state index contributed by atoms with van der Waals surface area (Å²) in [6.07, 6.45) is 1.62. The third-order valence-electron chi connectivity index (χ3n) is 3.85. The van der Waals surface area contributed by atoms with Gasteiger partial charge in [0.2, 0.25) is 5.91 Å². The van der Waals surface area contributed by atoms with E-state index in [0.29, 0.717) is 5.56 Å². The summed E-state index contributed by atoms with van der Waals surface area (Å²) in [6, 6.07) is 4.46. The minimum Gasteiger partial charge on any atom is -0.480 e. The molecule has 0 bridgehead atoms. The molecule has 12 nitrogen and oxygen atoms in total. The Morgan fingerprint density at radius 3 is 2.62 bits per heavy atom. The van der Waals surface area contributed by atoms with Crippen LogP contribution in [0.15, 0.2) is 30.5 Å². The minimum atomic E-state index is -4.80. The summed E-state index contributed by atoms with van der Waals surface area (Å²) in [5.74, 6) is -3.40. The molecule has 1 unspecified atom stereocenters. The lowest BCUT2D eigenvalue weighted by Gasteiger charge is -2.18. The number of H-pyrrole nitrogens is 1. The second-order valence-electron chi connectivity index (χ2n) is 6.00. The molecule has 1 aromatic carbocycles. The number of carbonyl (C=O) groups excluding carboxylic acids is 2. The fourth-order valence-electron chi connectivity index (χ4n) is 2.44. The molecule has 29 heavy (non-hydrogen) atoms. The van der Waals surface area contributed by atoms with Crippen molar-refractivity contribution in [3.05, 3.63) is 36.0 Å². The zero-order chi connectivity index (χ0) is 21.6. The highest BCUT2D eigenvalue weighted by Crippen LogP contribution is 2.43. The van der Waals surface area contributed by atoms with Crippen LogP contribution in [-0.2, 0) is 34.4 Å². The molecular formula is C16H21N4O8P. The second kappa shape index (κ2) is 9.63. The number of carboxylic acid groups (broad SMARTS) is 1. The lowest BCUT2D eigenvalue weighted by Crippen LogP contribution is -2.50. The second-order valence-corrected chi connectivity index (χ2v) is 7.38. The molecule has 0 radical (unpaired) electrons. The van der Waals surface area contributed by atoms with Gasteiger partial charge in [-0.2, -0.15) is 0 Å². The van der Waals surface area contributed by atoms with E-state index < -0.39 is 50.9 Å². The van der Waals surface area contributed by atoms with Gasteiger partial charge in [0.25, 0.3) is 0 Å². The van der Waals surface area contributed by atoms with E-state index >= 15 is 0 Å². The third-order valence-corrected chi connectivity index (χ3v) is 4.76. The van der Waals surface area contributed by atoms with Gasteiger partial charge in [-0.15, -0.1) is 0 Å². The highest BCUT2D eigenvalue weighted by molar-refractivity contribution is 7.48. The number of carbonyl (C=O) groups is 3. The molecule has 0 fully saturated rings. The van der Waals surface area contributed by atoms with Crippen LogP contribution in [0.25, 0.3) is 10.9 Å². The Labute approximate surface area is 164 Å². The largest absolute Gasteiger partial charge is 0.529 e. The summed E-state index contributed by atoms with van der Waals surface area (Å²) in [7, 11) is -4.80. The van der Waals surface area contributed by atoms with Gasteiger partial charge in [-0.25, -0.2) is 9.36 Å². The number of fused-ring (bicyclic) bond motifs is 1. The summed E-state index contributed by atoms with van der Waals surface area (Å²) in [5.41, 5.74) is 12.0. The SMILES string of the molecule is NCC(=O)OP(=O)(O)OC[C@H](N)C(=O)N[C@@H](Cc1c[nH]c2ccccc12)C(=O)O. The molecule has 0 aliphatic heterocycles. The van der Waals surface area contributed by atoms with Crippen LogP contribution in [0.4, 0.5) is 0 Å². The predicted molar refractivity (Wildman–Crippen MR) is 100 cm³/mol. The van der Waals surface area contributed by atoms with Gasteiger partial charge in [0.15, 0.2) is 0 Å². The number of hydrogen-bond donors (Lipinski definition) is 6. The maximum absolute atomic E-state index is 12.2. The Morgan fingerprint density at radius 1 is 1.28 bits per heavy atom. The highest BCUT2D eigenvalue weighted by Gasteiger charge is 2.30. The molecule has 1 amide bonds. The summed E-state index contributed by atoms with van der Waals surface area (Å²) < 4.78 is 20.1. The average Bonchev–Trinajstić information content (AvgIpc) is 3.08. The van der Waals surface area contributed by atoms with Crippen LogP contribution >= 0.6 is 7.82 Å². The molecule has 2 rings (SSSR count). The molecule has 3 atom stereocenters. The number of aromatic nitrogens is 1. The van der Waals surface area contributed by atoms with Crippen molar-refractivity contribution >= 4 is 36.6 Å². The van der Waals surface area contributed by atoms with Crippen molar-refractivity contribution in [1.82, 2.24) is 10.3 Å². The van der Waals surface area contributed by atoms with Gasteiger partial charge in [-0.05, 0) is 11.6 Å². The fourth-order valence-corrected chi connectivity index (χ4v) is 3.18. The van der Waals surface area contributed by atoms with E-state index in [1.54, 1.807) is 12.3 Å².